The van der Waals surface area contributed by atoms with Crippen molar-refractivity contribution < 1.29 is 9.53 Å². The van der Waals surface area contributed by atoms with Gasteiger partial charge < -0.3 is 15.8 Å². The van der Waals surface area contributed by atoms with Crippen LogP contribution >= 0.6 is 0 Å². The molecule has 1 amide bonds. The highest BCUT2D eigenvalue weighted by Gasteiger charge is 2.21. The largest absolute Gasteiger partial charge is 0.397 e. The number of nitrogens with one attached hydrogen (secondary N) is 1. The minimum absolute atomic E-state index is 0.0377. The van der Waals surface area contributed by atoms with E-state index in [1.165, 1.54) is 0 Å². The van der Waals surface area contributed by atoms with E-state index >= 15 is 0 Å². The lowest BCUT2D eigenvalue weighted by Crippen LogP contribution is -2.47. The topological polar surface area (TPSA) is 67.6 Å². The molecule has 19 heavy (non-hydrogen) atoms. The van der Waals surface area contributed by atoms with E-state index in [1.54, 1.807) is 0 Å². The maximum Gasteiger partial charge on any atom is 0.238 e. The number of nitrogen functional groups attached to an aromatic ring is 1. The molecule has 1 heterocycles. The molecular weight excluding hydrogens is 242 g/mol. The lowest BCUT2D eigenvalue weighted by molar-refractivity contribution is -0.119. The van der Waals surface area contributed by atoms with E-state index < -0.39 is 0 Å². The van der Waals surface area contributed by atoms with Crippen LogP contribution in [0.5, 0.6) is 0 Å². The fraction of sp³-hybridized carbons (Fsp3) is 0.500. The Hall–Kier alpha value is -1.59. The van der Waals surface area contributed by atoms with Crippen molar-refractivity contribution in [3.63, 3.8) is 0 Å². The van der Waals surface area contributed by atoms with Crippen LogP contribution in [0.1, 0.15) is 12.5 Å². The first kappa shape index (κ1) is 13.8. The van der Waals surface area contributed by atoms with Crippen LogP contribution in [0.3, 0.4) is 0 Å². The van der Waals surface area contributed by atoms with Gasteiger partial charge in [0.25, 0.3) is 0 Å². The first-order valence-corrected chi connectivity index (χ1v) is 6.54. The number of carbonyl (C=O) groups is 1. The fourth-order valence-electron chi connectivity index (χ4n) is 2.17. The third kappa shape index (κ3) is 3.68. The summed E-state index contributed by atoms with van der Waals surface area (Å²) in [5.41, 5.74) is 8.24. The maximum absolute atomic E-state index is 12.0. The van der Waals surface area contributed by atoms with E-state index in [4.69, 9.17) is 10.5 Å². The minimum Gasteiger partial charge on any atom is -0.397 e. The van der Waals surface area contributed by atoms with Gasteiger partial charge in [0.1, 0.15) is 0 Å². The number of nitrogens with zero attached hydrogens (tertiary/aromatic N) is 1. The average molecular weight is 263 g/mol. The zero-order valence-corrected chi connectivity index (χ0v) is 11.5. The van der Waals surface area contributed by atoms with Crippen molar-refractivity contribution in [1.29, 1.82) is 0 Å². The minimum atomic E-state index is -0.0377. The zero-order chi connectivity index (χ0) is 13.8. The van der Waals surface area contributed by atoms with Crippen molar-refractivity contribution >= 4 is 17.3 Å². The Balaban J connectivity index is 1.93. The van der Waals surface area contributed by atoms with Gasteiger partial charge >= 0.3 is 0 Å². The number of carbonyl (C=O) groups excluding carboxylic acids is 1. The number of anilines is 2. The highest BCUT2D eigenvalue weighted by atomic mass is 16.5. The average Bonchev–Trinajstić information content (AvgIpc) is 2.36. The number of ether oxygens (including phenoxy) is 1. The molecule has 1 fully saturated rings. The molecule has 1 unspecified atom stereocenters. The predicted molar refractivity (Wildman–Crippen MR) is 76.1 cm³/mol. The second-order valence-corrected chi connectivity index (χ2v) is 5.03. The molecule has 1 saturated heterocycles. The van der Waals surface area contributed by atoms with E-state index in [2.05, 4.69) is 17.1 Å². The third-order valence-corrected chi connectivity index (χ3v) is 3.33. The van der Waals surface area contributed by atoms with Gasteiger partial charge in [0.2, 0.25) is 5.91 Å². The Morgan fingerprint density at radius 3 is 3.05 bits per heavy atom. The summed E-state index contributed by atoms with van der Waals surface area (Å²) < 4.78 is 5.35. The van der Waals surface area contributed by atoms with Crippen LogP contribution in [0.15, 0.2) is 18.2 Å². The molecule has 0 spiro atoms. The number of nitrogens with two attached hydrogens (primary N) is 1. The quantitative estimate of drug-likeness (QED) is 0.805. The maximum atomic E-state index is 12.0. The summed E-state index contributed by atoms with van der Waals surface area (Å²) in [6.07, 6.45) is 0. The second kappa shape index (κ2) is 6.04. The Bertz CT molecular complexity index is 462. The van der Waals surface area contributed by atoms with Gasteiger partial charge in [0.05, 0.1) is 31.1 Å². The Morgan fingerprint density at radius 1 is 1.58 bits per heavy atom. The summed E-state index contributed by atoms with van der Waals surface area (Å²) in [5.74, 6) is -0.0377. The molecule has 1 aromatic rings. The van der Waals surface area contributed by atoms with Crippen LogP contribution in [0.25, 0.3) is 0 Å². The number of benzene rings is 1. The molecule has 104 valence electrons. The first-order valence-electron chi connectivity index (χ1n) is 6.54. The summed E-state index contributed by atoms with van der Waals surface area (Å²) >= 11 is 0. The fourth-order valence-corrected chi connectivity index (χ4v) is 2.17. The summed E-state index contributed by atoms with van der Waals surface area (Å²) in [6.45, 7) is 6.56. The van der Waals surface area contributed by atoms with E-state index in [-0.39, 0.29) is 11.9 Å². The van der Waals surface area contributed by atoms with Crippen LogP contribution in [0.4, 0.5) is 11.4 Å². The Labute approximate surface area is 113 Å². The molecule has 1 aromatic carbocycles. The van der Waals surface area contributed by atoms with Gasteiger partial charge in [-0.15, -0.1) is 0 Å². The highest BCUT2D eigenvalue weighted by Crippen LogP contribution is 2.19. The van der Waals surface area contributed by atoms with Crippen molar-refractivity contribution in [3.05, 3.63) is 23.8 Å². The van der Waals surface area contributed by atoms with Crippen LogP contribution in [-0.4, -0.2) is 43.2 Å². The number of hydrogen-bond acceptors (Lipinski definition) is 4. The van der Waals surface area contributed by atoms with Crippen LogP contribution in [0, 0.1) is 6.92 Å². The standard InChI is InChI=1S/C14H21N3O2/c1-10-3-4-13(12(15)7-10)16-14(18)8-17-5-6-19-9-11(17)2/h3-4,7,11H,5-6,8-9,15H2,1-2H3,(H,16,18). The highest BCUT2D eigenvalue weighted by molar-refractivity contribution is 5.95. The molecular formula is C14H21N3O2. The number of rotatable bonds is 3. The molecule has 1 atom stereocenters. The van der Waals surface area contributed by atoms with E-state index in [9.17, 15) is 4.79 Å². The smallest absolute Gasteiger partial charge is 0.238 e. The van der Waals surface area contributed by atoms with E-state index in [0.29, 0.717) is 31.1 Å². The van der Waals surface area contributed by atoms with E-state index in [0.717, 1.165) is 12.1 Å². The molecule has 3 N–H and O–H groups in total. The normalized spacial score (nSPS) is 20.2. The number of hydrogen-bond donors (Lipinski definition) is 2. The lowest BCUT2D eigenvalue weighted by Gasteiger charge is -2.32. The molecule has 5 nitrogen and oxygen atoms in total. The molecule has 1 aliphatic rings. The summed E-state index contributed by atoms with van der Waals surface area (Å²) in [5, 5.41) is 2.86. The molecule has 0 bridgehead atoms. The molecule has 1 aliphatic heterocycles. The molecule has 2 rings (SSSR count). The number of aryl methyl sites for hydroxylation is 1. The lowest BCUT2D eigenvalue weighted by atomic mass is 10.2. The SMILES string of the molecule is Cc1ccc(NC(=O)CN2CCOCC2C)c(N)c1. The third-order valence-electron chi connectivity index (χ3n) is 3.33. The monoisotopic (exact) mass is 263 g/mol. The first-order chi connectivity index (χ1) is 9.06. The van der Waals surface area contributed by atoms with Crippen molar-refractivity contribution in [2.75, 3.05) is 37.4 Å². The van der Waals surface area contributed by atoms with Crippen molar-refractivity contribution in [2.24, 2.45) is 0 Å². The van der Waals surface area contributed by atoms with Gasteiger partial charge in [-0.2, -0.15) is 0 Å². The summed E-state index contributed by atoms with van der Waals surface area (Å²) in [6, 6.07) is 5.90. The van der Waals surface area contributed by atoms with E-state index in [1.807, 2.05) is 25.1 Å². The molecule has 0 aromatic heterocycles. The Kier molecular flexibility index (Phi) is 4.39. The van der Waals surface area contributed by atoms with Gasteiger partial charge in [-0.3, -0.25) is 9.69 Å². The molecule has 0 radical (unpaired) electrons. The number of morpholine rings is 1. The van der Waals surface area contributed by atoms with Gasteiger partial charge in [-0.25, -0.2) is 0 Å². The van der Waals surface area contributed by atoms with Crippen LogP contribution < -0.4 is 11.1 Å². The van der Waals surface area contributed by atoms with Gasteiger partial charge in [0.15, 0.2) is 0 Å². The zero-order valence-electron chi connectivity index (χ0n) is 11.5. The van der Waals surface area contributed by atoms with Crippen LogP contribution in [-0.2, 0) is 9.53 Å². The summed E-state index contributed by atoms with van der Waals surface area (Å²) in [4.78, 5) is 14.1. The van der Waals surface area contributed by atoms with Gasteiger partial charge in [-0.1, -0.05) is 6.07 Å². The second-order valence-electron chi connectivity index (χ2n) is 5.03. The molecule has 0 saturated carbocycles. The van der Waals surface area contributed by atoms with Gasteiger partial charge in [-0.05, 0) is 31.5 Å². The van der Waals surface area contributed by atoms with Crippen molar-refractivity contribution in [2.45, 2.75) is 19.9 Å². The van der Waals surface area contributed by atoms with Crippen LogP contribution in [0.2, 0.25) is 0 Å². The number of amides is 1. The molecule has 5 heteroatoms. The van der Waals surface area contributed by atoms with Gasteiger partial charge in [0, 0.05) is 12.6 Å². The van der Waals surface area contributed by atoms with Crippen molar-refractivity contribution in [1.82, 2.24) is 4.90 Å². The Morgan fingerprint density at radius 2 is 2.37 bits per heavy atom. The molecule has 0 aliphatic carbocycles. The van der Waals surface area contributed by atoms with Crippen molar-refractivity contribution in [3.8, 4) is 0 Å². The summed E-state index contributed by atoms with van der Waals surface area (Å²) in [7, 11) is 0. The predicted octanol–water partition coefficient (Wildman–Crippen LogP) is 1.24.